The van der Waals surface area contributed by atoms with Crippen LogP contribution in [0.4, 0.5) is 10.5 Å². The molecule has 0 aliphatic carbocycles. The number of anilines is 1. The molecule has 1 aliphatic rings. The Morgan fingerprint density at radius 1 is 1.33 bits per heavy atom. The number of hydrogen-bond donors (Lipinski definition) is 2. The number of amides is 3. The zero-order chi connectivity index (χ0) is 13.0. The van der Waals surface area contributed by atoms with Crippen molar-refractivity contribution >= 4 is 17.6 Å². The van der Waals surface area contributed by atoms with E-state index in [2.05, 4.69) is 10.3 Å². The Morgan fingerprint density at radius 3 is 2.61 bits per heavy atom. The highest BCUT2D eigenvalue weighted by Crippen LogP contribution is 2.08. The summed E-state index contributed by atoms with van der Waals surface area (Å²) in [6.45, 7) is 2.23. The summed E-state index contributed by atoms with van der Waals surface area (Å²) in [6.07, 6.45) is 1.40. The van der Waals surface area contributed by atoms with Gasteiger partial charge >= 0.3 is 6.03 Å². The zero-order valence-corrected chi connectivity index (χ0v) is 9.76. The number of pyridine rings is 1. The molecule has 0 bridgehead atoms. The summed E-state index contributed by atoms with van der Waals surface area (Å²) in [4.78, 5) is 28.2. The topological polar surface area (TPSA) is 97.5 Å². The smallest absolute Gasteiger partial charge is 0.322 e. The summed E-state index contributed by atoms with van der Waals surface area (Å²) in [5.41, 5.74) is 5.76. The van der Waals surface area contributed by atoms with Gasteiger partial charge in [0.1, 0.15) is 5.69 Å². The molecule has 0 aromatic carbocycles. The molecular formula is C11H14N4O3. The molecule has 3 N–H and O–H groups in total. The predicted octanol–water partition coefficient (Wildman–Crippen LogP) is 0.0446. The second-order valence-corrected chi connectivity index (χ2v) is 3.83. The van der Waals surface area contributed by atoms with Crippen LogP contribution >= 0.6 is 0 Å². The highest BCUT2D eigenvalue weighted by Gasteiger charge is 2.16. The molecule has 18 heavy (non-hydrogen) atoms. The molecule has 2 rings (SSSR count). The lowest BCUT2D eigenvalue weighted by atomic mass is 10.3. The van der Waals surface area contributed by atoms with Crippen molar-refractivity contribution in [2.24, 2.45) is 5.73 Å². The van der Waals surface area contributed by atoms with E-state index < -0.39 is 5.91 Å². The zero-order valence-electron chi connectivity index (χ0n) is 9.76. The molecule has 96 valence electrons. The second kappa shape index (κ2) is 5.46. The molecule has 7 nitrogen and oxygen atoms in total. The van der Waals surface area contributed by atoms with E-state index >= 15 is 0 Å². The maximum absolute atomic E-state index is 11.8. The molecule has 3 amide bonds. The predicted molar refractivity (Wildman–Crippen MR) is 64.2 cm³/mol. The van der Waals surface area contributed by atoms with E-state index in [-0.39, 0.29) is 11.7 Å². The van der Waals surface area contributed by atoms with Crippen LogP contribution < -0.4 is 11.1 Å². The van der Waals surface area contributed by atoms with Gasteiger partial charge in [-0.15, -0.1) is 0 Å². The fraction of sp³-hybridized carbons (Fsp3) is 0.364. The standard InChI is InChI=1S/C11H14N4O3/c12-10(16)9-2-1-8(7-13-9)14-11(17)15-3-5-18-6-4-15/h1-2,7H,3-6H2,(H2,12,16)(H,14,17). The van der Waals surface area contributed by atoms with Crippen LogP contribution in [0.2, 0.25) is 0 Å². The molecule has 7 heteroatoms. The van der Waals surface area contributed by atoms with Crippen molar-refractivity contribution < 1.29 is 14.3 Å². The van der Waals surface area contributed by atoms with Gasteiger partial charge < -0.3 is 20.7 Å². The number of rotatable bonds is 2. The Hall–Kier alpha value is -2.15. The molecule has 1 saturated heterocycles. The number of nitrogens with zero attached hydrogens (tertiary/aromatic N) is 2. The Labute approximate surface area is 104 Å². The number of morpholine rings is 1. The summed E-state index contributed by atoms with van der Waals surface area (Å²) < 4.78 is 5.16. The fourth-order valence-electron chi connectivity index (χ4n) is 1.58. The van der Waals surface area contributed by atoms with Gasteiger partial charge in [-0.25, -0.2) is 9.78 Å². The van der Waals surface area contributed by atoms with Crippen LogP contribution in [0.25, 0.3) is 0 Å². The largest absolute Gasteiger partial charge is 0.378 e. The number of hydrogen-bond acceptors (Lipinski definition) is 4. The lowest BCUT2D eigenvalue weighted by Crippen LogP contribution is -2.43. The first-order chi connectivity index (χ1) is 8.66. The summed E-state index contributed by atoms with van der Waals surface area (Å²) >= 11 is 0. The number of carbonyl (C=O) groups excluding carboxylic acids is 2. The normalized spacial score (nSPS) is 15.2. The van der Waals surface area contributed by atoms with Crippen molar-refractivity contribution in [1.29, 1.82) is 0 Å². The van der Waals surface area contributed by atoms with Crippen molar-refractivity contribution in [3.8, 4) is 0 Å². The molecule has 0 atom stereocenters. The van der Waals surface area contributed by atoms with E-state index in [1.807, 2.05) is 0 Å². The average Bonchev–Trinajstić information content (AvgIpc) is 2.40. The molecule has 0 radical (unpaired) electrons. The van der Waals surface area contributed by atoms with Crippen LogP contribution in [0.5, 0.6) is 0 Å². The molecule has 1 aromatic rings. The van der Waals surface area contributed by atoms with Crippen molar-refractivity contribution in [3.63, 3.8) is 0 Å². The first-order valence-corrected chi connectivity index (χ1v) is 5.56. The Bertz CT molecular complexity index is 440. The Balaban J connectivity index is 1.96. The fourth-order valence-corrected chi connectivity index (χ4v) is 1.58. The quantitative estimate of drug-likeness (QED) is 0.774. The number of nitrogens with one attached hydrogen (secondary N) is 1. The lowest BCUT2D eigenvalue weighted by molar-refractivity contribution is 0.0564. The summed E-state index contributed by atoms with van der Waals surface area (Å²) in [6, 6.07) is 2.86. The van der Waals surface area contributed by atoms with Gasteiger partial charge in [-0.05, 0) is 12.1 Å². The van der Waals surface area contributed by atoms with Crippen LogP contribution in [-0.2, 0) is 4.74 Å². The number of nitrogens with two attached hydrogens (primary N) is 1. The van der Waals surface area contributed by atoms with Crippen LogP contribution in [0, 0.1) is 0 Å². The van der Waals surface area contributed by atoms with Gasteiger partial charge in [-0.3, -0.25) is 4.79 Å². The van der Waals surface area contributed by atoms with Crippen molar-refractivity contribution in [2.75, 3.05) is 31.6 Å². The van der Waals surface area contributed by atoms with Crippen molar-refractivity contribution in [1.82, 2.24) is 9.88 Å². The van der Waals surface area contributed by atoms with Gasteiger partial charge in [0.05, 0.1) is 25.1 Å². The van der Waals surface area contributed by atoms with Crippen LogP contribution in [0.15, 0.2) is 18.3 Å². The van der Waals surface area contributed by atoms with Gasteiger partial charge in [-0.1, -0.05) is 0 Å². The number of urea groups is 1. The van der Waals surface area contributed by atoms with E-state index in [9.17, 15) is 9.59 Å². The average molecular weight is 250 g/mol. The minimum absolute atomic E-state index is 0.166. The number of carbonyl (C=O) groups is 2. The SMILES string of the molecule is NC(=O)c1ccc(NC(=O)N2CCOCC2)cn1. The summed E-state index contributed by atoms with van der Waals surface area (Å²) in [7, 11) is 0. The number of ether oxygens (including phenoxy) is 1. The van der Waals surface area contributed by atoms with Gasteiger partial charge in [0, 0.05) is 13.1 Å². The van der Waals surface area contributed by atoms with Crippen LogP contribution in [0.3, 0.4) is 0 Å². The highest BCUT2D eigenvalue weighted by molar-refractivity contribution is 5.92. The van der Waals surface area contributed by atoms with Gasteiger partial charge in [0.25, 0.3) is 5.91 Å². The Morgan fingerprint density at radius 2 is 2.06 bits per heavy atom. The maximum atomic E-state index is 11.8. The first-order valence-electron chi connectivity index (χ1n) is 5.56. The second-order valence-electron chi connectivity index (χ2n) is 3.83. The molecule has 1 aromatic heterocycles. The maximum Gasteiger partial charge on any atom is 0.322 e. The van der Waals surface area contributed by atoms with Crippen LogP contribution in [-0.4, -0.2) is 48.1 Å². The minimum Gasteiger partial charge on any atom is -0.378 e. The third-order valence-corrected chi connectivity index (χ3v) is 2.57. The van der Waals surface area contributed by atoms with Gasteiger partial charge in [0.15, 0.2) is 0 Å². The Kier molecular flexibility index (Phi) is 3.73. The van der Waals surface area contributed by atoms with Crippen molar-refractivity contribution in [2.45, 2.75) is 0 Å². The monoisotopic (exact) mass is 250 g/mol. The number of primary amides is 1. The molecule has 0 unspecified atom stereocenters. The third kappa shape index (κ3) is 2.95. The van der Waals surface area contributed by atoms with E-state index in [0.29, 0.717) is 32.0 Å². The van der Waals surface area contributed by atoms with Crippen LogP contribution in [0.1, 0.15) is 10.5 Å². The van der Waals surface area contributed by atoms with Gasteiger partial charge in [-0.2, -0.15) is 0 Å². The first kappa shape index (κ1) is 12.3. The molecular weight excluding hydrogens is 236 g/mol. The van der Waals surface area contributed by atoms with E-state index in [4.69, 9.17) is 10.5 Å². The highest BCUT2D eigenvalue weighted by atomic mass is 16.5. The van der Waals surface area contributed by atoms with E-state index in [0.717, 1.165) is 0 Å². The molecule has 1 aliphatic heterocycles. The number of aromatic nitrogens is 1. The lowest BCUT2D eigenvalue weighted by Gasteiger charge is -2.26. The van der Waals surface area contributed by atoms with E-state index in [1.165, 1.54) is 12.3 Å². The molecule has 1 fully saturated rings. The molecule has 2 heterocycles. The molecule has 0 spiro atoms. The summed E-state index contributed by atoms with van der Waals surface area (Å²) in [5.74, 6) is -0.596. The van der Waals surface area contributed by atoms with E-state index in [1.54, 1.807) is 11.0 Å². The third-order valence-electron chi connectivity index (χ3n) is 2.57. The summed E-state index contributed by atoms with van der Waals surface area (Å²) in [5, 5.41) is 2.69. The molecule has 0 saturated carbocycles. The van der Waals surface area contributed by atoms with Gasteiger partial charge in [0.2, 0.25) is 0 Å². The van der Waals surface area contributed by atoms with Crippen molar-refractivity contribution in [3.05, 3.63) is 24.0 Å². The minimum atomic E-state index is -0.596.